The first-order valence-corrected chi connectivity index (χ1v) is 8.49. The number of anilines is 1. The van der Waals surface area contributed by atoms with E-state index in [-0.39, 0.29) is 11.5 Å². The summed E-state index contributed by atoms with van der Waals surface area (Å²) in [6.45, 7) is 1.59. The smallest absolute Gasteiger partial charge is 0.252 e. The summed E-state index contributed by atoms with van der Waals surface area (Å²) in [5.41, 5.74) is 0.873. The lowest BCUT2D eigenvalue weighted by molar-refractivity contribution is -0.117. The SMILES string of the molecule is COc1ccc(NC(=O)[C@H](C)NC(=O)c2cc(OC)c(OC)c(OC)c2)cc1. The molecule has 0 aliphatic heterocycles. The van der Waals surface area contributed by atoms with Crippen LogP contribution in [0.2, 0.25) is 0 Å². The molecular weight excluding hydrogens is 364 g/mol. The monoisotopic (exact) mass is 388 g/mol. The minimum Gasteiger partial charge on any atom is -0.497 e. The number of ether oxygens (including phenoxy) is 4. The molecule has 8 heteroatoms. The standard InChI is InChI=1S/C20H24N2O6/c1-12(19(23)22-14-6-8-15(25-2)9-7-14)21-20(24)13-10-16(26-3)18(28-5)17(11-13)27-4/h6-12H,1-5H3,(H,21,24)(H,22,23)/t12-/m0/s1. The molecule has 0 unspecified atom stereocenters. The number of hydrogen-bond donors (Lipinski definition) is 2. The molecule has 0 aromatic heterocycles. The highest BCUT2D eigenvalue weighted by molar-refractivity contribution is 6.01. The van der Waals surface area contributed by atoms with Gasteiger partial charge in [-0.05, 0) is 43.3 Å². The van der Waals surface area contributed by atoms with Crippen molar-refractivity contribution >= 4 is 17.5 Å². The maximum Gasteiger partial charge on any atom is 0.252 e. The Labute approximate surface area is 163 Å². The van der Waals surface area contributed by atoms with E-state index < -0.39 is 11.9 Å². The fraction of sp³-hybridized carbons (Fsp3) is 0.300. The molecule has 0 spiro atoms. The lowest BCUT2D eigenvalue weighted by Crippen LogP contribution is -2.41. The number of benzene rings is 2. The van der Waals surface area contributed by atoms with Crippen LogP contribution in [0.3, 0.4) is 0 Å². The van der Waals surface area contributed by atoms with Gasteiger partial charge in [0.05, 0.1) is 28.4 Å². The summed E-state index contributed by atoms with van der Waals surface area (Å²) in [5.74, 6) is 0.959. The van der Waals surface area contributed by atoms with E-state index in [1.807, 2.05) is 0 Å². The average molecular weight is 388 g/mol. The normalized spacial score (nSPS) is 11.2. The molecule has 150 valence electrons. The minimum atomic E-state index is -0.770. The summed E-state index contributed by atoms with van der Waals surface area (Å²) >= 11 is 0. The first kappa shape index (κ1) is 20.9. The van der Waals surface area contributed by atoms with Gasteiger partial charge < -0.3 is 29.6 Å². The third kappa shape index (κ3) is 4.85. The molecule has 0 bridgehead atoms. The molecule has 2 rings (SSSR count). The van der Waals surface area contributed by atoms with Crippen molar-refractivity contribution in [3.8, 4) is 23.0 Å². The van der Waals surface area contributed by atoms with E-state index in [1.165, 1.54) is 33.5 Å². The minimum absolute atomic E-state index is 0.276. The Morgan fingerprint density at radius 3 is 1.89 bits per heavy atom. The van der Waals surface area contributed by atoms with Crippen LogP contribution in [0.25, 0.3) is 0 Å². The van der Waals surface area contributed by atoms with Gasteiger partial charge in [-0.3, -0.25) is 9.59 Å². The topological polar surface area (TPSA) is 95.1 Å². The van der Waals surface area contributed by atoms with Gasteiger partial charge >= 0.3 is 0 Å². The molecule has 0 heterocycles. The second kappa shape index (κ2) is 9.50. The predicted molar refractivity (Wildman–Crippen MR) is 105 cm³/mol. The van der Waals surface area contributed by atoms with E-state index in [4.69, 9.17) is 18.9 Å². The molecule has 2 aromatic carbocycles. The van der Waals surface area contributed by atoms with E-state index in [2.05, 4.69) is 10.6 Å². The lowest BCUT2D eigenvalue weighted by atomic mass is 10.1. The number of hydrogen-bond acceptors (Lipinski definition) is 6. The lowest BCUT2D eigenvalue weighted by Gasteiger charge is -2.16. The Hall–Kier alpha value is -3.42. The summed E-state index contributed by atoms with van der Waals surface area (Å²) in [6.07, 6.45) is 0. The second-order valence-electron chi connectivity index (χ2n) is 5.83. The molecule has 2 aromatic rings. The highest BCUT2D eigenvalue weighted by Gasteiger charge is 2.20. The number of carbonyl (C=O) groups is 2. The second-order valence-corrected chi connectivity index (χ2v) is 5.83. The Morgan fingerprint density at radius 2 is 1.43 bits per heavy atom. The summed E-state index contributed by atoms with van der Waals surface area (Å²) in [4.78, 5) is 24.9. The number of rotatable bonds is 8. The highest BCUT2D eigenvalue weighted by atomic mass is 16.5. The third-order valence-electron chi connectivity index (χ3n) is 4.03. The molecule has 2 N–H and O–H groups in total. The zero-order valence-electron chi connectivity index (χ0n) is 16.5. The zero-order chi connectivity index (χ0) is 20.7. The van der Waals surface area contributed by atoms with Gasteiger partial charge in [0.2, 0.25) is 11.7 Å². The Balaban J connectivity index is 2.09. The van der Waals surface area contributed by atoms with Gasteiger partial charge in [0.25, 0.3) is 5.91 Å². The molecule has 1 atom stereocenters. The molecular formula is C20H24N2O6. The molecule has 0 fully saturated rings. The van der Waals surface area contributed by atoms with E-state index in [0.29, 0.717) is 28.7 Å². The van der Waals surface area contributed by atoms with Crippen LogP contribution in [0.1, 0.15) is 17.3 Å². The van der Waals surface area contributed by atoms with Crippen molar-refractivity contribution in [1.29, 1.82) is 0 Å². The van der Waals surface area contributed by atoms with Crippen molar-refractivity contribution < 1.29 is 28.5 Å². The number of nitrogens with one attached hydrogen (secondary N) is 2. The van der Waals surface area contributed by atoms with Crippen LogP contribution in [0.5, 0.6) is 23.0 Å². The summed E-state index contributed by atoms with van der Waals surface area (Å²) in [6, 6.07) is 9.15. The first-order chi connectivity index (χ1) is 13.4. The van der Waals surface area contributed by atoms with Gasteiger partial charge in [-0.1, -0.05) is 0 Å². The Morgan fingerprint density at radius 1 is 0.857 bits per heavy atom. The molecule has 0 radical (unpaired) electrons. The molecule has 0 aliphatic rings. The van der Waals surface area contributed by atoms with Crippen LogP contribution in [0.15, 0.2) is 36.4 Å². The van der Waals surface area contributed by atoms with Crippen LogP contribution < -0.4 is 29.6 Å². The molecule has 2 amide bonds. The van der Waals surface area contributed by atoms with Crippen molar-refractivity contribution in [2.45, 2.75) is 13.0 Å². The van der Waals surface area contributed by atoms with Crippen molar-refractivity contribution in [2.75, 3.05) is 33.8 Å². The molecule has 0 aliphatic carbocycles. The molecule has 0 saturated carbocycles. The van der Waals surface area contributed by atoms with Crippen molar-refractivity contribution in [3.05, 3.63) is 42.0 Å². The van der Waals surface area contributed by atoms with Gasteiger partial charge in [-0.2, -0.15) is 0 Å². The highest BCUT2D eigenvalue weighted by Crippen LogP contribution is 2.38. The van der Waals surface area contributed by atoms with Crippen LogP contribution in [0, 0.1) is 0 Å². The van der Waals surface area contributed by atoms with E-state index in [0.717, 1.165) is 0 Å². The summed E-state index contributed by atoms with van der Waals surface area (Å²) < 4.78 is 20.8. The molecule has 8 nitrogen and oxygen atoms in total. The summed E-state index contributed by atoms with van der Waals surface area (Å²) in [7, 11) is 5.97. The van der Waals surface area contributed by atoms with Crippen molar-refractivity contribution in [3.63, 3.8) is 0 Å². The fourth-order valence-corrected chi connectivity index (χ4v) is 2.48. The average Bonchev–Trinajstić information content (AvgIpc) is 2.72. The van der Waals surface area contributed by atoms with Crippen LogP contribution in [0.4, 0.5) is 5.69 Å². The predicted octanol–water partition coefficient (Wildman–Crippen LogP) is 2.48. The van der Waals surface area contributed by atoms with Gasteiger partial charge in [0, 0.05) is 11.3 Å². The largest absolute Gasteiger partial charge is 0.497 e. The van der Waals surface area contributed by atoms with Gasteiger partial charge in [0.1, 0.15) is 11.8 Å². The first-order valence-electron chi connectivity index (χ1n) is 8.49. The van der Waals surface area contributed by atoms with Crippen molar-refractivity contribution in [1.82, 2.24) is 5.32 Å². The van der Waals surface area contributed by atoms with Gasteiger partial charge in [0.15, 0.2) is 11.5 Å². The molecule has 0 saturated heterocycles. The summed E-state index contributed by atoms with van der Waals surface area (Å²) in [5, 5.41) is 5.39. The van der Waals surface area contributed by atoms with Crippen LogP contribution in [-0.4, -0.2) is 46.3 Å². The Kier molecular flexibility index (Phi) is 7.08. The number of carbonyl (C=O) groups excluding carboxylic acids is 2. The van der Waals surface area contributed by atoms with E-state index >= 15 is 0 Å². The van der Waals surface area contributed by atoms with Gasteiger partial charge in [-0.25, -0.2) is 0 Å². The Bertz CT molecular complexity index is 810. The van der Waals surface area contributed by atoms with Crippen molar-refractivity contribution in [2.24, 2.45) is 0 Å². The fourth-order valence-electron chi connectivity index (χ4n) is 2.48. The van der Waals surface area contributed by atoms with Gasteiger partial charge in [-0.15, -0.1) is 0 Å². The maximum atomic E-state index is 12.6. The van der Waals surface area contributed by atoms with E-state index in [1.54, 1.807) is 38.3 Å². The quantitative estimate of drug-likeness (QED) is 0.721. The number of methoxy groups -OCH3 is 4. The van der Waals surface area contributed by atoms with E-state index in [9.17, 15) is 9.59 Å². The maximum absolute atomic E-state index is 12.6. The third-order valence-corrected chi connectivity index (χ3v) is 4.03. The zero-order valence-corrected chi connectivity index (χ0v) is 16.5. The molecule has 28 heavy (non-hydrogen) atoms. The number of amides is 2. The van der Waals surface area contributed by atoms with Crippen LogP contribution >= 0.6 is 0 Å². The van der Waals surface area contributed by atoms with Crippen LogP contribution in [-0.2, 0) is 4.79 Å².